The van der Waals surface area contributed by atoms with Crippen LogP contribution in [0.4, 0.5) is 0 Å². The number of halogens is 1. The van der Waals surface area contributed by atoms with E-state index in [1.54, 1.807) is 0 Å². The van der Waals surface area contributed by atoms with Crippen LogP contribution in [0.5, 0.6) is 0 Å². The van der Waals surface area contributed by atoms with E-state index < -0.39 is 0 Å². The summed E-state index contributed by atoms with van der Waals surface area (Å²) in [5.41, 5.74) is 4.46. The van der Waals surface area contributed by atoms with Gasteiger partial charge in [0.2, 0.25) is 0 Å². The molecule has 0 atom stereocenters. The molecule has 0 bridgehead atoms. The highest BCUT2D eigenvalue weighted by molar-refractivity contribution is 6.30. The maximum Gasteiger partial charge on any atom is 0.253 e. The lowest BCUT2D eigenvalue weighted by molar-refractivity contribution is 0.0908. The number of aromatic nitrogens is 1. The SMILES string of the molecule is Cc1cc(C(=O)NC2CCN(Cc3ccc(Cl)cc3)CC2)c(C)n1C1CC1. The number of piperidine rings is 1. The predicted molar refractivity (Wildman–Crippen MR) is 109 cm³/mol. The first kappa shape index (κ1) is 18.6. The fourth-order valence-electron chi connectivity index (χ4n) is 4.25. The van der Waals surface area contributed by atoms with Crippen molar-refractivity contribution in [2.24, 2.45) is 0 Å². The number of hydrogen-bond acceptors (Lipinski definition) is 2. The van der Waals surface area contributed by atoms with E-state index in [2.05, 4.69) is 46.8 Å². The molecule has 1 amide bonds. The summed E-state index contributed by atoms with van der Waals surface area (Å²) in [4.78, 5) is 15.2. The molecule has 0 radical (unpaired) electrons. The van der Waals surface area contributed by atoms with Gasteiger partial charge in [0.15, 0.2) is 0 Å². The van der Waals surface area contributed by atoms with Crippen molar-refractivity contribution in [3.63, 3.8) is 0 Å². The molecular weight excluding hydrogens is 358 g/mol. The summed E-state index contributed by atoms with van der Waals surface area (Å²) in [6, 6.07) is 11.0. The molecule has 1 N–H and O–H groups in total. The van der Waals surface area contributed by atoms with Crippen molar-refractivity contribution in [1.29, 1.82) is 0 Å². The molecule has 4 rings (SSSR count). The number of rotatable bonds is 5. The first-order chi connectivity index (χ1) is 13.0. The maximum atomic E-state index is 12.8. The molecule has 0 unspecified atom stereocenters. The minimum absolute atomic E-state index is 0.0890. The normalized spacial score (nSPS) is 18.6. The highest BCUT2D eigenvalue weighted by Crippen LogP contribution is 2.38. The molecule has 2 heterocycles. The first-order valence-corrected chi connectivity index (χ1v) is 10.3. The molecule has 1 saturated carbocycles. The number of nitrogens with zero attached hydrogens (tertiary/aromatic N) is 2. The molecule has 2 fully saturated rings. The Morgan fingerprint density at radius 3 is 2.41 bits per heavy atom. The Labute approximate surface area is 166 Å². The van der Waals surface area contributed by atoms with Crippen molar-refractivity contribution in [3.05, 3.63) is 57.9 Å². The summed E-state index contributed by atoms with van der Waals surface area (Å²) in [5.74, 6) is 0.0890. The third-order valence-electron chi connectivity index (χ3n) is 5.88. The summed E-state index contributed by atoms with van der Waals surface area (Å²) >= 11 is 5.96. The van der Waals surface area contributed by atoms with Gasteiger partial charge >= 0.3 is 0 Å². The van der Waals surface area contributed by atoms with Crippen molar-refractivity contribution in [3.8, 4) is 0 Å². The van der Waals surface area contributed by atoms with Gasteiger partial charge < -0.3 is 9.88 Å². The van der Waals surface area contributed by atoms with Gasteiger partial charge in [0.1, 0.15) is 0 Å². The second-order valence-electron chi connectivity index (χ2n) is 8.04. The number of nitrogens with one attached hydrogen (secondary N) is 1. The molecule has 2 aromatic rings. The standard InChI is InChI=1S/C22H28ClN3O/c1-15-13-21(16(2)26(15)20-7-8-20)22(27)24-19-9-11-25(12-10-19)14-17-3-5-18(23)6-4-17/h3-6,13,19-20H,7-12,14H2,1-2H3,(H,24,27). The molecule has 1 aromatic carbocycles. The largest absolute Gasteiger partial charge is 0.349 e. The summed E-state index contributed by atoms with van der Waals surface area (Å²) in [6.07, 6.45) is 4.48. The van der Waals surface area contributed by atoms with Crippen molar-refractivity contribution < 1.29 is 4.79 Å². The maximum absolute atomic E-state index is 12.8. The van der Waals surface area contributed by atoms with Crippen LogP contribution in [0, 0.1) is 13.8 Å². The summed E-state index contributed by atoms with van der Waals surface area (Å²) < 4.78 is 2.34. The molecule has 4 nitrogen and oxygen atoms in total. The highest BCUT2D eigenvalue weighted by Gasteiger charge is 2.29. The molecule has 1 aromatic heterocycles. The van der Waals surface area contributed by atoms with E-state index in [9.17, 15) is 4.79 Å². The molecule has 1 aliphatic carbocycles. The quantitative estimate of drug-likeness (QED) is 0.823. The number of aryl methyl sites for hydroxylation is 1. The van der Waals surface area contributed by atoms with Crippen molar-refractivity contribution in [2.75, 3.05) is 13.1 Å². The molecule has 1 saturated heterocycles. The molecular formula is C22H28ClN3O. The topological polar surface area (TPSA) is 37.3 Å². The molecule has 5 heteroatoms. The van der Waals surface area contributed by atoms with E-state index >= 15 is 0 Å². The summed E-state index contributed by atoms with van der Waals surface area (Å²) in [5, 5.41) is 4.05. The third kappa shape index (κ3) is 4.22. The Bertz CT molecular complexity index is 815. The van der Waals surface area contributed by atoms with Gasteiger partial charge in [-0.15, -0.1) is 0 Å². The Hall–Kier alpha value is -1.78. The van der Waals surface area contributed by atoms with E-state index in [0.717, 1.165) is 48.8 Å². The van der Waals surface area contributed by atoms with Crippen LogP contribution in [0.1, 0.15) is 59.0 Å². The van der Waals surface area contributed by atoms with Crippen molar-refractivity contribution in [1.82, 2.24) is 14.8 Å². The molecule has 1 aliphatic heterocycles. The van der Waals surface area contributed by atoms with Gasteiger partial charge in [-0.3, -0.25) is 9.69 Å². The Morgan fingerprint density at radius 1 is 1.11 bits per heavy atom. The smallest absolute Gasteiger partial charge is 0.253 e. The average molecular weight is 386 g/mol. The van der Waals surface area contributed by atoms with Crippen LogP contribution in [-0.2, 0) is 6.54 Å². The molecule has 27 heavy (non-hydrogen) atoms. The zero-order valence-corrected chi connectivity index (χ0v) is 16.9. The third-order valence-corrected chi connectivity index (χ3v) is 6.14. The lowest BCUT2D eigenvalue weighted by atomic mass is 10.0. The van der Waals surface area contributed by atoms with Crippen LogP contribution in [0.25, 0.3) is 0 Å². The van der Waals surface area contributed by atoms with Crippen LogP contribution in [0.15, 0.2) is 30.3 Å². The first-order valence-electron chi connectivity index (χ1n) is 9.97. The van der Waals surface area contributed by atoms with Gasteiger partial charge in [-0.25, -0.2) is 0 Å². The highest BCUT2D eigenvalue weighted by atomic mass is 35.5. The van der Waals surface area contributed by atoms with Crippen LogP contribution in [0.2, 0.25) is 5.02 Å². The number of benzene rings is 1. The van der Waals surface area contributed by atoms with Crippen LogP contribution < -0.4 is 5.32 Å². The van der Waals surface area contributed by atoms with Crippen LogP contribution >= 0.6 is 11.6 Å². The zero-order valence-electron chi connectivity index (χ0n) is 16.2. The van der Waals surface area contributed by atoms with Gasteiger partial charge in [0.25, 0.3) is 5.91 Å². The Morgan fingerprint density at radius 2 is 1.78 bits per heavy atom. The lowest BCUT2D eigenvalue weighted by Gasteiger charge is -2.32. The number of amides is 1. The summed E-state index contributed by atoms with van der Waals surface area (Å²) in [6.45, 7) is 7.15. The van der Waals surface area contributed by atoms with E-state index in [1.807, 2.05) is 12.1 Å². The van der Waals surface area contributed by atoms with Gasteiger partial charge in [-0.05, 0) is 63.3 Å². The number of carbonyl (C=O) groups is 1. The number of hydrogen-bond donors (Lipinski definition) is 1. The van der Waals surface area contributed by atoms with Gasteiger partial charge in [0, 0.05) is 48.1 Å². The minimum Gasteiger partial charge on any atom is -0.349 e. The second kappa shape index (κ2) is 7.69. The number of carbonyl (C=O) groups excluding carboxylic acids is 1. The fourth-order valence-corrected chi connectivity index (χ4v) is 4.37. The average Bonchev–Trinajstić information content (AvgIpc) is 3.43. The lowest BCUT2D eigenvalue weighted by Crippen LogP contribution is -2.44. The van der Waals surface area contributed by atoms with Gasteiger partial charge in [0.05, 0.1) is 5.56 Å². The van der Waals surface area contributed by atoms with E-state index in [4.69, 9.17) is 11.6 Å². The monoisotopic (exact) mass is 385 g/mol. The summed E-state index contributed by atoms with van der Waals surface area (Å²) in [7, 11) is 0. The van der Waals surface area contributed by atoms with Crippen molar-refractivity contribution in [2.45, 2.75) is 58.2 Å². The van der Waals surface area contributed by atoms with Crippen molar-refractivity contribution >= 4 is 17.5 Å². The van der Waals surface area contributed by atoms with E-state index in [0.29, 0.717) is 6.04 Å². The molecule has 0 spiro atoms. The Kier molecular flexibility index (Phi) is 5.29. The molecule has 2 aliphatic rings. The zero-order chi connectivity index (χ0) is 19.0. The van der Waals surface area contributed by atoms with E-state index in [-0.39, 0.29) is 11.9 Å². The van der Waals surface area contributed by atoms with Crippen LogP contribution in [0.3, 0.4) is 0 Å². The Balaban J connectivity index is 1.31. The predicted octanol–water partition coefficient (Wildman–Crippen LogP) is 4.49. The van der Waals surface area contributed by atoms with Crippen LogP contribution in [-0.4, -0.2) is 34.5 Å². The van der Waals surface area contributed by atoms with Gasteiger partial charge in [-0.1, -0.05) is 23.7 Å². The number of likely N-dealkylation sites (tertiary alicyclic amines) is 1. The van der Waals surface area contributed by atoms with Gasteiger partial charge in [-0.2, -0.15) is 0 Å². The fraction of sp³-hybridized carbons (Fsp3) is 0.500. The second-order valence-corrected chi connectivity index (χ2v) is 8.47. The van der Waals surface area contributed by atoms with E-state index in [1.165, 1.54) is 24.1 Å². The minimum atomic E-state index is 0.0890. The molecule has 144 valence electrons.